The largest absolute Gasteiger partial charge is 0.394 e. The predicted molar refractivity (Wildman–Crippen MR) is 135 cm³/mol. The second-order valence-electron chi connectivity index (χ2n) is 10.3. The van der Waals surface area contributed by atoms with Crippen LogP contribution in [0, 0.1) is 0 Å². The van der Waals surface area contributed by atoms with Crippen LogP contribution >= 0.6 is 0 Å². The summed E-state index contributed by atoms with van der Waals surface area (Å²) in [6.45, 7) is 0.00604. The van der Waals surface area contributed by atoms with Crippen molar-refractivity contribution in [3.8, 4) is 0 Å². The third-order valence-corrected chi connectivity index (χ3v) is 7.42. The van der Waals surface area contributed by atoms with Crippen molar-refractivity contribution >= 4 is 0 Å². The molecule has 3 rings (SSSR count). The lowest BCUT2D eigenvalue weighted by Crippen LogP contribution is -2.68. The van der Waals surface area contributed by atoms with Gasteiger partial charge in [0.25, 0.3) is 0 Å². The fraction of sp³-hybridized carbons (Fsp3) is 1.00. The van der Waals surface area contributed by atoms with Crippen LogP contribution < -0.4 is 28.7 Å². The van der Waals surface area contributed by atoms with E-state index in [1.807, 2.05) is 0 Å². The van der Waals surface area contributed by atoms with E-state index < -0.39 is 92.2 Å². The lowest BCUT2D eigenvalue weighted by Gasteiger charge is -2.49. The van der Waals surface area contributed by atoms with Crippen molar-refractivity contribution in [1.82, 2.24) is 0 Å². The summed E-state index contributed by atoms with van der Waals surface area (Å²) in [5.74, 6) is 0. The summed E-state index contributed by atoms with van der Waals surface area (Å²) in [6, 6.07) is -3.14. The van der Waals surface area contributed by atoms with Gasteiger partial charge in [-0.3, -0.25) is 0 Å². The van der Waals surface area contributed by atoms with Gasteiger partial charge in [-0.25, -0.2) is 0 Å². The number of rotatable bonds is 12. The molecule has 1 aliphatic carbocycles. The van der Waals surface area contributed by atoms with Crippen molar-refractivity contribution in [3.05, 3.63) is 10.4 Å². The van der Waals surface area contributed by atoms with Crippen molar-refractivity contribution in [3.63, 3.8) is 0 Å². The lowest BCUT2D eigenvalue weighted by atomic mass is 9.84. The van der Waals surface area contributed by atoms with E-state index in [0.717, 1.165) is 0 Å². The molecular weight excluding hydrogens is 520 g/mol. The first kappa shape index (κ1) is 32.3. The maximum Gasteiger partial charge on any atom is 0.186 e. The van der Waals surface area contributed by atoms with E-state index in [4.69, 9.17) is 57.9 Å². The van der Waals surface area contributed by atoms with Crippen molar-refractivity contribution < 1.29 is 44.1 Å². The Morgan fingerprint density at radius 1 is 0.846 bits per heavy atom. The average Bonchev–Trinajstić information content (AvgIpc) is 2.90. The number of unbranched alkanes of at least 4 members (excludes halogenated alkanes) is 1. The zero-order valence-corrected chi connectivity index (χ0v) is 21.8. The lowest BCUT2D eigenvalue weighted by molar-refractivity contribution is -0.318. The van der Waals surface area contributed by atoms with Gasteiger partial charge in [0.1, 0.15) is 36.6 Å². The van der Waals surface area contributed by atoms with E-state index in [-0.39, 0.29) is 26.0 Å². The van der Waals surface area contributed by atoms with Gasteiger partial charge in [0, 0.05) is 36.7 Å². The van der Waals surface area contributed by atoms with E-state index in [1.165, 1.54) is 0 Å². The molecule has 17 nitrogen and oxygen atoms in total. The Morgan fingerprint density at radius 2 is 1.49 bits per heavy atom. The summed E-state index contributed by atoms with van der Waals surface area (Å²) < 4.78 is 30.0. The van der Waals surface area contributed by atoms with Crippen LogP contribution in [0.5, 0.6) is 0 Å². The second kappa shape index (κ2) is 15.1. The summed E-state index contributed by atoms with van der Waals surface area (Å²) in [7, 11) is 0. The molecule has 0 radical (unpaired) electrons. The van der Waals surface area contributed by atoms with Gasteiger partial charge in [-0.05, 0) is 31.2 Å². The highest BCUT2D eigenvalue weighted by Crippen LogP contribution is 2.32. The van der Waals surface area contributed by atoms with Crippen molar-refractivity contribution in [2.45, 2.75) is 111 Å². The number of hydrogen-bond donors (Lipinski definition) is 9. The summed E-state index contributed by atoms with van der Waals surface area (Å²) in [5.41, 5.74) is 39.3. The molecule has 0 bridgehead atoms. The molecule has 2 aliphatic heterocycles. The number of ether oxygens (including phenoxy) is 5. The topological polar surface area (TPSA) is 306 Å². The van der Waals surface area contributed by atoms with Gasteiger partial charge in [0.15, 0.2) is 12.6 Å². The number of nitrogens with two attached hydrogens (primary N) is 5. The van der Waals surface area contributed by atoms with E-state index >= 15 is 0 Å². The number of aliphatic hydroxyl groups excluding tert-OH is 4. The van der Waals surface area contributed by atoms with Crippen molar-refractivity contribution in [1.29, 1.82) is 0 Å². The standard InChI is InChI=1S/C22H44N8O9/c23-7-13-12(32)6-11(26)21(36-13)38-18-9(24)5-10(25)19(20(18)35-4-2-1-3-29-30-28)39-22-17(34)15(27)16(33)14(8-31)37-22/h9-22,31-34H,1-8,23-27H2/t9-,10+,11+,12-,13+,14+,15-,16+,17+,18+,19-,20-,21+,22+/m0/s1. The molecule has 2 heterocycles. The van der Waals surface area contributed by atoms with Gasteiger partial charge in [-0.2, -0.15) is 0 Å². The zero-order valence-electron chi connectivity index (χ0n) is 21.8. The number of aliphatic hydroxyl groups is 4. The third kappa shape index (κ3) is 7.94. The van der Waals surface area contributed by atoms with Gasteiger partial charge in [0.05, 0.1) is 30.9 Å². The zero-order chi connectivity index (χ0) is 28.7. The Balaban J connectivity index is 1.80. The molecule has 39 heavy (non-hydrogen) atoms. The maximum absolute atomic E-state index is 10.6. The molecule has 0 aromatic rings. The smallest absolute Gasteiger partial charge is 0.186 e. The Kier molecular flexibility index (Phi) is 12.5. The molecule has 3 aliphatic rings. The van der Waals surface area contributed by atoms with E-state index in [9.17, 15) is 20.4 Å². The Bertz CT molecular complexity index is 797. The number of hydrogen-bond acceptors (Lipinski definition) is 15. The summed E-state index contributed by atoms with van der Waals surface area (Å²) >= 11 is 0. The van der Waals surface area contributed by atoms with Crippen LogP contribution in [0.4, 0.5) is 0 Å². The minimum absolute atomic E-state index is 0.0568. The first-order chi connectivity index (χ1) is 18.6. The first-order valence-corrected chi connectivity index (χ1v) is 13.2. The first-order valence-electron chi connectivity index (χ1n) is 13.2. The van der Waals surface area contributed by atoms with E-state index in [0.29, 0.717) is 19.4 Å². The normalized spacial score (nSPS) is 45.1. The average molecular weight is 565 g/mol. The maximum atomic E-state index is 10.6. The van der Waals surface area contributed by atoms with Crippen LogP contribution in [-0.2, 0) is 23.7 Å². The molecule has 1 saturated carbocycles. The Hall–Kier alpha value is -1.25. The van der Waals surface area contributed by atoms with Crippen LogP contribution in [0.25, 0.3) is 10.4 Å². The monoisotopic (exact) mass is 564 g/mol. The van der Waals surface area contributed by atoms with E-state index in [2.05, 4.69) is 10.0 Å². The molecule has 3 fully saturated rings. The minimum Gasteiger partial charge on any atom is -0.394 e. The molecule has 0 aromatic carbocycles. The molecule has 0 amide bonds. The highest BCUT2D eigenvalue weighted by Gasteiger charge is 2.51. The summed E-state index contributed by atoms with van der Waals surface area (Å²) in [4.78, 5) is 2.73. The van der Waals surface area contributed by atoms with Crippen LogP contribution in [-0.4, -0.2) is 132 Å². The number of azide groups is 1. The van der Waals surface area contributed by atoms with Gasteiger partial charge >= 0.3 is 0 Å². The fourth-order valence-electron chi connectivity index (χ4n) is 5.14. The molecule has 0 unspecified atom stereocenters. The molecule has 2 saturated heterocycles. The summed E-state index contributed by atoms with van der Waals surface area (Å²) in [5, 5.41) is 44.1. The van der Waals surface area contributed by atoms with Crippen LogP contribution in [0.3, 0.4) is 0 Å². The molecule has 0 aromatic heterocycles. The quantitative estimate of drug-likeness (QED) is 0.0470. The predicted octanol–water partition coefficient (Wildman–Crippen LogP) is -4.18. The fourth-order valence-corrected chi connectivity index (χ4v) is 5.14. The van der Waals surface area contributed by atoms with Crippen LogP contribution in [0.2, 0.25) is 0 Å². The Labute approximate surface area is 226 Å². The minimum atomic E-state index is -1.43. The molecular formula is C22H44N8O9. The van der Waals surface area contributed by atoms with Gasteiger partial charge in [-0.1, -0.05) is 5.11 Å². The second-order valence-corrected chi connectivity index (χ2v) is 10.3. The Morgan fingerprint density at radius 3 is 2.10 bits per heavy atom. The van der Waals surface area contributed by atoms with Gasteiger partial charge in [-0.15, -0.1) is 0 Å². The third-order valence-electron chi connectivity index (χ3n) is 7.42. The molecule has 17 heteroatoms. The highest BCUT2D eigenvalue weighted by molar-refractivity contribution is 5.02. The van der Waals surface area contributed by atoms with Gasteiger partial charge in [0.2, 0.25) is 0 Å². The van der Waals surface area contributed by atoms with Crippen LogP contribution in [0.15, 0.2) is 5.11 Å². The van der Waals surface area contributed by atoms with Crippen LogP contribution in [0.1, 0.15) is 25.7 Å². The molecule has 0 spiro atoms. The molecule has 14 atom stereocenters. The highest BCUT2D eigenvalue weighted by atomic mass is 16.7. The molecule has 226 valence electrons. The molecule has 14 N–H and O–H groups in total. The van der Waals surface area contributed by atoms with Crippen molar-refractivity contribution in [2.75, 3.05) is 26.3 Å². The summed E-state index contributed by atoms with van der Waals surface area (Å²) in [6.07, 6.45) is -8.79. The van der Waals surface area contributed by atoms with Crippen molar-refractivity contribution in [2.24, 2.45) is 33.8 Å². The van der Waals surface area contributed by atoms with Gasteiger partial charge < -0.3 is 72.8 Å². The van der Waals surface area contributed by atoms with E-state index in [1.54, 1.807) is 0 Å². The SMILES string of the molecule is [N-]=[N+]=NCCCCO[C@@H]1[C@@H](O[C@H]2O[C@H](CO)[C@@H](O)[C@H](N)[C@H]2O)[C@H](N)C[C@H](N)[C@H]1O[C@H]1O[C@H](CN)[C@@H](O)C[C@H]1N. The number of nitrogens with zero attached hydrogens (tertiary/aromatic N) is 3.